The fourth-order valence-corrected chi connectivity index (χ4v) is 5.92. The monoisotopic (exact) mass is 524 g/mol. The molecule has 0 unspecified atom stereocenters. The summed E-state index contributed by atoms with van der Waals surface area (Å²) in [6.45, 7) is 7.58. The maximum Gasteiger partial charge on any atom is 0.294 e. The maximum atomic E-state index is 12.1. The van der Waals surface area contributed by atoms with Gasteiger partial charge in [0, 0.05) is 76.1 Å². The molecule has 4 heterocycles. The molecule has 1 aromatic heterocycles. The third-order valence-electron chi connectivity index (χ3n) is 8.15. The Hall–Kier alpha value is -3.22. The molecular weight excluding hydrogens is 488 g/mol. The predicted molar refractivity (Wildman–Crippen MR) is 144 cm³/mol. The minimum atomic E-state index is -0.313. The minimum absolute atomic E-state index is 0.0574. The average Bonchev–Trinajstić information content (AvgIpc) is 3.66. The molecule has 12 nitrogen and oxygen atoms in total. The summed E-state index contributed by atoms with van der Waals surface area (Å²) in [6, 6.07) is 6.47. The van der Waals surface area contributed by atoms with Gasteiger partial charge in [-0.25, -0.2) is 15.0 Å². The zero-order chi connectivity index (χ0) is 26.1. The molecule has 0 amide bonds. The van der Waals surface area contributed by atoms with Crippen LogP contribution >= 0.6 is 0 Å². The highest BCUT2D eigenvalue weighted by atomic mass is 16.7. The summed E-state index contributed by atoms with van der Waals surface area (Å²) in [7, 11) is 1.58. The van der Waals surface area contributed by atoms with Gasteiger partial charge in [0.25, 0.3) is 5.69 Å². The molecule has 204 valence electrons. The van der Waals surface area contributed by atoms with Crippen molar-refractivity contribution in [2.75, 3.05) is 74.8 Å². The zero-order valence-corrected chi connectivity index (χ0v) is 21.9. The molecule has 6 rings (SSSR count). The molecule has 3 aliphatic heterocycles. The van der Waals surface area contributed by atoms with Crippen LogP contribution in [0.15, 0.2) is 24.5 Å². The molecule has 38 heavy (non-hydrogen) atoms. The second-order valence-corrected chi connectivity index (χ2v) is 10.5. The molecule has 3 saturated heterocycles. The van der Waals surface area contributed by atoms with Gasteiger partial charge in [-0.1, -0.05) is 0 Å². The summed E-state index contributed by atoms with van der Waals surface area (Å²) >= 11 is 0. The molecular formula is C26H36N8O4. The summed E-state index contributed by atoms with van der Waals surface area (Å²) in [5, 5.41) is 17.1. The van der Waals surface area contributed by atoms with Crippen molar-refractivity contribution in [3.8, 4) is 5.75 Å². The Bertz CT molecular complexity index is 1140. The number of nitrogens with one attached hydrogen (secondary N) is 1. The number of piperazine rings is 1. The van der Waals surface area contributed by atoms with Crippen LogP contribution < -0.4 is 20.0 Å². The second kappa shape index (κ2) is 10.9. The number of nitrogens with zero attached hydrogens (tertiary/aromatic N) is 7. The number of hydrogen-bond acceptors (Lipinski definition) is 11. The Balaban J connectivity index is 1.15. The molecule has 1 saturated carbocycles. The molecule has 1 aliphatic carbocycles. The number of hydroxylamine groups is 1. The third-order valence-corrected chi connectivity index (χ3v) is 8.15. The van der Waals surface area contributed by atoms with Crippen molar-refractivity contribution < 1.29 is 14.5 Å². The lowest BCUT2D eigenvalue weighted by Gasteiger charge is -2.43. The molecule has 4 aliphatic rings. The summed E-state index contributed by atoms with van der Waals surface area (Å²) < 4.78 is 5.66. The number of anilines is 4. The molecule has 0 radical (unpaired) electrons. The van der Waals surface area contributed by atoms with Crippen molar-refractivity contribution in [2.24, 2.45) is 0 Å². The van der Waals surface area contributed by atoms with Gasteiger partial charge in [-0.2, -0.15) is 0 Å². The highest BCUT2D eigenvalue weighted by Gasteiger charge is 2.34. The average molecular weight is 525 g/mol. The van der Waals surface area contributed by atoms with Crippen LogP contribution in [0.3, 0.4) is 0 Å². The highest BCUT2D eigenvalue weighted by Crippen LogP contribution is 2.41. The standard InChI is InChI=1S/C26H36N8O4/c1-37-24-16-22(32-8-5-20(6-9-32)31-12-10-30(11-13-31)19-3-4-19)23(34(35)36)15-21(24)29-25-17-26(28-18-27-25)33-7-2-14-38-33/h15-20H,2-14H2,1H3,(H,27,28,29). The van der Waals surface area contributed by atoms with Gasteiger partial charge in [-0.3, -0.25) is 24.8 Å². The number of nitro groups is 1. The van der Waals surface area contributed by atoms with E-state index in [-0.39, 0.29) is 10.6 Å². The second-order valence-electron chi connectivity index (χ2n) is 10.5. The largest absolute Gasteiger partial charge is 0.494 e. The summed E-state index contributed by atoms with van der Waals surface area (Å²) in [4.78, 5) is 33.4. The summed E-state index contributed by atoms with van der Waals surface area (Å²) in [5.74, 6) is 1.68. The lowest BCUT2D eigenvalue weighted by atomic mass is 10.0. The first kappa shape index (κ1) is 25.1. The van der Waals surface area contributed by atoms with E-state index in [9.17, 15) is 10.1 Å². The highest BCUT2D eigenvalue weighted by molar-refractivity contribution is 5.77. The number of aromatic nitrogens is 2. The topological polar surface area (TPSA) is 112 Å². The van der Waals surface area contributed by atoms with Gasteiger partial charge in [0.1, 0.15) is 23.6 Å². The first-order chi connectivity index (χ1) is 18.6. The van der Waals surface area contributed by atoms with Gasteiger partial charge in [-0.05, 0) is 32.1 Å². The van der Waals surface area contributed by atoms with E-state index in [0.29, 0.717) is 41.4 Å². The molecule has 4 fully saturated rings. The van der Waals surface area contributed by atoms with E-state index in [2.05, 4.69) is 30.0 Å². The van der Waals surface area contributed by atoms with E-state index < -0.39 is 0 Å². The van der Waals surface area contributed by atoms with Gasteiger partial charge in [0.2, 0.25) is 0 Å². The number of ether oxygens (including phenoxy) is 1. The van der Waals surface area contributed by atoms with E-state index in [1.165, 1.54) is 32.3 Å². The third kappa shape index (κ3) is 5.33. The van der Waals surface area contributed by atoms with Gasteiger partial charge >= 0.3 is 0 Å². The summed E-state index contributed by atoms with van der Waals surface area (Å²) in [6.07, 6.45) is 7.12. The number of benzene rings is 1. The first-order valence-corrected chi connectivity index (χ1v) is 13.7. The fraction of sp³-hybridized carbons (Fsp3) is 0.615. The number of nitro benzene ring substituents is 1. The smallest absolute Gasteiger partial charge is 0.294 e. The number of hydrogen-bond donors (Lipinski definition) is 1. The van der Waals surface area contributed by atoms with Crippen LogP contribution in [0.2, 0.25) is 0 Å². The van der Waals surface area contributed by atoms with Crippen LogP contribution in [-0.4, -0.2) is 96.3 Å². The lowest BCUT2D eigenvalue weighted by molar-refractivity contribution is -0.384. The molecule has 0 atom stereocenters. The van der Waals surface area contributed by atoms with Crippen molar-refractivity contribution in [2.45, 2.75) is 44.2 Å². The Kier molecular flexibility index (Phi) is 7.18. The Morgan fingerprint density at radius 3 is 2.29 bits per heavy atom. The predicted octanol–water partition coefficient (Wildman–Crippen LogP) is 3.03. The molecule has 2 aromatic rings. The van der Waals surface area contributed by atoms with Gasteiger partial charge in [0.05, 0.1) is 24.3 Å². The Labute approximate surface area is 222 Å². The van der Waals surface area contributed by atoms with E-state index >= 15 is 0 Å². The fourth-order valence-electron chi connectivity index (χ4n) is 5.92. The van der Waals surface area contributed by atoms with Crippen LogP contribution in [-0.2, 0) is 4.84 Å². The van der Waals surface area contributed by atoms with E-state index in [1.807, 2.05) is 0 Å². The molecule has 12 heteroatoms. The van der Waals surface area contributed by atoms with Crippen molar-refractivity contribution in [1.29, 1.82) is 0 Å². The van der Waals surface area contributed by atoms with E-state index in [4.69, 9.17) is 9.57 Å². The van der Waals surface area contributed by atoms with E-state index in [0.717, 1.165) is 58.0 Å². The van der Waals surface area contributed by atoms with Gasteiger partial charge < -0.3 is 15.0 Å². The van der Waals surface area contributed by atoms with Crippen molar-refractivity contribution in [3.05, 3.63) is 34.6 Å². The van der Waals surface area contributed by atoms with Crippen LogP contribution in [0, 0.1) is 10.1 Å². The zero-order valence-electron chi connectivity index (χ0n) is 21.9. The first-order valence-electron chi connectivity index (χ1n) is 13.7. The molecule has 0 bridgehead atoms. The van der Waals surface area contributed by atoms with Crippen LogP contribution in [0.1, 0.15) is 32.1 Å². The normalized spacial score (nSPS) is 21.6. The van der Waals surface area contributed by atoms with Crippen molar-refractivity contribution in [1.82, 2.24) is 19.8 Å². The maximum absolute atomic E-state index is 12.1. The van der Waals surface area contributed by atoms with Crippen molar-refractivity contribution in [3.63, 3.8) is 0 Å². The SMILES string of the molecule is COc1cc(N2CCC(N3CCN(C4CC4)CC3)CC2)c([N+](=O)[O-])cc1Nc1cc(N2CCCO2)ncn1. The minimum Gasteiger partial charge on any atom is -0.494 e. The quantitative estimate of drug-likeness (QED) is 0.406. The van der Waals surface area contributed by atoms with Gasteiger partial charge in [0.15, 0.2) is 5.82 Å². The molecule has 1 N–H and O–H groups in total. The van der Waals surface area contributed by atoms with Gasteiger partial charge in [-0.15, -0.1) is 0 Å². The molecule has 0 spiro atoms. The van der Waals surface area contributed by atoms with Crippen molar-refractivity contribution >= 4 is 28.7 Å². The Morgan fingerprint density at radius 1 is 0.974 bits per heavy atom. The van der Waals surface area contributed by atoms with Crippen LogP contribution in [0.4, 0.5) is 28.7 Å². The number of piperidine rings is 1. The number of rotatable bonds is 8. The summed E-state index contributed by atoms with van der Waals surface area (Å²) in [5.41, 5.74) is 1.14. The van der Waals surface area contributed by atoms with E-state index in [1.54, 1.807) is 30.4 Å². The Morgan fingerprint density at radius 2 is 1.68 bits per heavy atom. The molecule has 1 aromatic carbocycles. The number of methoxy groups -OCH3 is 1. The van der Waals surface area contributed by atoms with Crippen LogP contribution in [0.5, 0.6) is 5.75 Å². The lowest BCUT2D eigenvalue weighted by Crippen LogP contribution is -2.53. The van der Waals surface area contributed by atoms with Crippen LogP contribution in [0.25, 0.3) is 0 Å².